The monoisotopic (exact) mass is 318 g/mol. The van der Waals surface area contributed by atoms with Gasteiger partial charge in [0.05, 0.1) is 12.5 Å². The molecule has 0 saturated carbocycles. The van der Waals surface area contributed by atoms with Crippen molar-refractivity contribution < 1.29 is 30.0 Å². The van der Waals surface area contributed by atoms with Crippen molar-refractivity contribution in [1.29, 1.82) is 0 Å². The molecule has 4 N–H and O–H groups in total. The predicted octanol–water partition coefficient (Wildman–Crippen LogP) is 0.886. The minimum absolute atomic E-state index is 0.215. The molecule has 0 amide bonds. The fraction of sp³-hybridized carbons (Fsp3) is 0.938. The Labute approximate surface area is 132 Å². The summed E-state index contributed by atoms with van der Waals surface area (Å²) in [5, 5.41) is 39.4. The summed E-state index contributed by atoms with van der Waals surface area (Å²) >= 11 is 0. The smallest absolute Gasteiger partial charge is 0.202 e. The average molecular weight is 318 g/mol. The highest BCUT2D eigenvalue weighted by Gasteiger charge is 2.52. The van der Waals surface area contributed by atoms with Crippen LogP contribution in [0, 0.1) is 0 Å². The molecule has 0 aromatic carbocycles. The fourth-order valence-electron chi connectivity index (χ4n) is 2.81. The van der Waals surface area contributed by atoms with E-state index in [9.17, 15) is 25.2 Å². The van der Waals surface area contributed by atoms with Crippen LogP contribution in [0.25, 0.3) is 0 Å². The van der Waals surface area contributed by atoms with Crippen LogP contribution in [0.15, 0.2) is 0 Å². The second-order valence-corrected chi connectivity index (χ2v) is 6.33. The van der Waals surface area contributed by atoms with Crippen molar-refractivity contribution in [1.82, 2.24) is 0 Å². The van der Waals surface area contributed by atoms with E-state index in [-0.39, 0.29) is 12.2 Å². The maximum absolute atomic E-state index is 12.0. The first kappa shape index (κ1) is 19.5. The van der Waals surface area contributed by atoms with E-state index in [0.29, 0.717) is 6.42 Å². The van der Waals surface area contributed by atoms with E-state index >= 15 is 0 Å². The van der Waals surface area contributed by atoms with Crippen molar-refractivity contribution in [2.75, 3.05) is 0 Å². The summed E-state index contributed by atoms with van der Waals surface area (Å²) < 4.78 is 5.17. The van der Waals surface area contributed by atoms with E-state index in [4.69, 9.17) is 4.74 Å². The molecule has 6 nitrogen and oxygen atoms in total. The van der Waals surface area contributed by atoms with E-state index in [1.807, 2.05) is 0 Å². The highest BCUT2D eigenvalue weighted by Crippen LogP contribution is 2.31. The maximum Gasteiger partial charge on any atom is 0.202 e. The molecule has 5 atom stereocenters. The Bertz CT molecular complexity index is 348. The lowest BCUT2D eigenvalue weighted by molar-refractivity contribution is -0.341. The van der Waals surface area contributed by atoms with Crippen molar-refractivity contribution in [2.45, 2.75) is 95.4 Å². The molecule has 1 fully saturated rings. The molecule has 0 aliphatic carbocycles. The molecular formula is C16H30O6. The number of ether oxygens (including phenoxy) is 1. The van der Waals surface area contributed by atoms with Gasteiger partial charge in [-0.05, 0) is 13.3 Å². The second-order valence-electron chi connectivity index (χ2n) is 6.33. The fourth-order valence-corrected chi connectivity index (χ4v) is 2.81. The third-order valence-electron chi connectivity index (χ3n) is 4.27. The SMILES string of the molecule is CCCCCCCCC(=O)C[C@@]1(O)O[C@@H](C)[C@@H](O)[C@@H](O)[C@@H]1O. The van der Waals surface area contributed by atoms with Gasteiger partial charge in [0.2, 0.25) is 5.79 Å². The molecule has 0 unspecified atom stereocenters. The molecule has 1 saturated heterocycles. The number of carbonyl (C=O) groups is 1. The summed E-state index contributed by atoms with van der Waals surface area (Å²) in [6.45, 7) is 3.62. The van der Waals surface area contributed by atoms with Crippen LogP contribution in [-0.4, -0.2) is 56.4 Å². The second kappa shape index (κ2) is 8.93. The van der Waals surface area contributed by atoms with Crippen molar-refractivity contribution in [3.05, 3.63) is 0 Å². The van der Waals surface area contributed by atoms with Crippen molar-refractivity contribution in [3.8, 4) is 0 Å². The summed E-state index contributed by atoms with van der Waals surface area (Å²) in [4.78, 5) is 12.0. The lowest BCUT2D eigenvalue weighted by Gasteiger charge is -2.44. The minimum Gasteiger partial charge on any atom is -0.388 e. The van der Waals surface area contributed by atoms with Gasteiger partial charge in [0.15, 0.2) is 0 Å². The van der Waals surface area contributed by atoms with Crippen LogP contribution in [0.5, 0.6) is 0 Å². The van der Waals surface area contributed by atoms with Crippen LogP contribution in [0.3, 0.4) is 0 Å². The molecule has 1 aliphatic heterocycles. The van der Waals surface area contributed by atoms with E-state index in [2.05, 4.69) is 6.92 Å². The summed E-state index contributed by atoms with van der Waals surface area (Å²) in [5.74, 6) is -2.34. The van der Waals surface area contributed by atoms with Crippen LogP contribution in [-0.2, 0) is 9.53 Å². The molecule has 0 aromatic heterocycles. The van der Waals surface area contributed by atoms with Gasteiger partial charge >= 0.3 is 0 Å². The van der Waals surface area contributed by atoms with Gasteiger partial charge in [-0.25, -0.2) is 0 Å². The third-order valence-corrected chi connectivity index (χ3v) is 4.27. The third kappa shape index (κ3) is 5.28. The van der Waals surface area contributed by atoms with Crippen LogP contribution in [0.4, 0.5) is 0 Å². The van der Waals surface area contributed by atoms with Crippen LogP contribution < -0.4 is 0 Å². The summed E-state index contributed by atoms with van der Waals surface area (Å²) in [6.07, 6.45) is 0.899. The van der Waals surface area contributed by atoms with Gasteiger partial charge in [-0.3, -0.25) is 4.79 Å². The lowest BCUT2D eigenvalue weighted by Crippen LogP contribution is -2.64. The maximum atomic E-state index is 12.0. The highest BCUT2D eigenvalue weighted by atomic mass is 16.7. The quantitative estimate of drug-likeness (QED) is 0.470. The number of aliphatic hydroxyl groups is 4. The summed E-state index contributed by atoms with van der Waals surface area (Å²) in [5.41, 5.74) is 0. The Morgan fingerprint density at radius 2 is 1.64 bits per heavy atom. The van der Waals surface area contributed by atoms with E-state index in [1.54, 1.807) is 0 Å². The van der Waals surface area contributed by atoms with E-state index in [1.165, 1.54) is 19.8 Å². The topological polar surface area (TPSA) is 107 Å². The van der Waals surface area contributed by atoms with Crippen LogP contribution in [0.1, 0.15) is 65.2 Å². The zero-order chi connectivity index (χ0) is 16.8. The molecule has 1 rings (SSSR count). The zero-order valence-corrected chi connectivity index (χ0v) is 13.6. The standard InChI is InChI=1S/C16H30O6/c1-3-4-5-6-7-8-9-12(17)10-16(21)15(20)14(19)13(18)11(2)22-16/h11,13-15,18-21H,3-10H2,1-2H3/t11-,13+,14+,15-,16+/m0/s1. The number of hydrogen-bond donors (Lipinski definition) is 4. The van der Waals surface area contributed by atoms with Gasteiger partial charge in [-0.15, -0.1) is 0 Å². The molecule has 1 heterocycles. The zero-order valence-electron chi connectivity index (χ0n) is 13.6. The lowest BCUT2D eigenvalue weighted by atomic mass is 9.89. The first-order valence-electron chi connectivity index (χ1n) is 8.28. The highest BCUT2D eigenvalue weighted by molar-refractivity contribution is 5.79. The first-order chi connectivity index (χ1) is 10.3. The summed E-state index contributed by atoms with van der Waals surface area (Å²) in [7, 11) is 0. The first-order valence-corrected chi connectivity index (χ1v) is 8.28. The Kier molecular flexibility index (Phi) is 7.93. The number of Topliss-reactive ketones (excluding diaryl/α,β-unsaturated/α-hetero) is 1. The van der Waals surface area contributed by atoms with Gasteiger partial charge in [0, 0.05) is 6.42 Å². The number of carbonyl (C=O) groups excluding carboxylic acids is 1. The molecule has 6 heteroatoms. The van der Waals surface area contributed by atoms with Gasteiger partial charge < -0.3 is 25.2 Å². The van der Waals surface area contributed by atoms with Crippen LogP contribution >= 0.6 is 0 Å². The van der Waals surface area contributed by atoms with Gasteiger partial charge in [-0.2, -0.15) is 0 Å². The molecule has 22 heavy (non-hydrogen) atoms. The summed E-state index contributed by atoms with van der Waals surface area (Å²) in [6, 6.07) is 0. The molecule has 1 aliphatic rings. The molecular weight excluding hydrogens is 288 g/mol. The van der Waals surface area contributed by atoms with E-state index < -0.39 is 30.2 Å². The largest absolute Gasteiger partial charge is 0.388 e. The Balaban J connectivity index is 2.39. The minimum atomic E-state index is -2.13. The Morgan fingerprint density at radius 1 is 1.05 bits per heavy atom. The van der Waals surface area contributed by atoms with Crippen LogP contribution in [0.2, 0.25) is 0 Å². The molecule has 130 valence electrons. The van der Waals surface area contributed by atoms with Gasteiger partial charge in [0.1, 0.15) is 24.1 Å². The average Bonchev–Trinajstić information content (AvgIpc) is 2.46. The Hall–Kier alpha value is -0.530. The number of hydrogen-bond acceptors (Lipinski definition) is 6. The number of aliphatic hydroxyl groups excluding tert-OH is 3. The van der Waals surface area contributed by atoms with Crippen molar-refractivity contribution in [3.63, 3.8) is 0 Å². The number of rotatable bonds is 9. The molecule has 0 bridgehead atoms. The number of unbranched alkanes of at least 4 members (excludes halogenated alkanes) is 5. The van der Waals surface area contributed by atoms with Crippen molar-refractivity contribution in [2.24, 2.45) is 0 Å². The molecule has 0 radical (unpaired) electrons. The molecule has 0 spiro atoms. The predicted molar refractivity (Wildman–Crippen MR) is 81.1 cm³/mol. The molecule has 0 aromatic rings. The number of ketones is 1. The van der Waals surface area contributed by atoms with E-state index in [0.717, 1.165) is 25.7 Å². The Morgan fingerprint density at radius 3 is 2.27 bits per heavy atom. The van der Waals surface area contributed by atoms with Crippen molar-refractivity contribution >= 4 is 5.78 Å². The normalized spacial score (nSPS) is 35.5. The van der Waals surface area contributed by atoms with Gasteiger partial charge in [-0.1, -0.05) is 39.0 Å². The van der Waals surface area contributed by atoms with Gasteiger partial charge in [0.25, 0.3) is 0 Å².